The Balaban J connectivity index is 2.52. The summed E-state index contributed by atoms with van der Waals surface area (Å²) in [6, 6.07) is 7.29. The van der Waals surface area contributed by atoms with Gasteiger partial charge in [0.05, 0.1) is 5.75 Å². The van der Waals surface area contributed by atoms with E-state index < -0.39 is 10.0 Å². The van der Waals surface area contributed by atoms with Crippen LogP contribution in [0, 0.1) is 0 Å². The van der Waals surface area contributed by atoms with E-state index in [1.165, 1.54) is 0 Å². The van der Waals surface area contributed by atoms with Crippen LogP contribution in [0.15, 0.2) is 24.3 Å². The van der Waals surface area contributed by atoms with E-state index >= 15 is 0 Å². The summed E-state index contributed by atoms with van der Waals surface area (Å²) < 4.78 is 25.8. The van der Waals surface area contributed by atoms with E-state index in [4.69, 9.17) is 0 Å². The van der Waals surface area contributed by atoms with E-state index in [2.05, 4.69) is 14.9 Å². The van der Waals surface area contributed by atoms with Crippen molar-refractivity contribution in [1.82, 2.24) is 4.90 Å². The normalized spacial score (nSPS) is 11.6. The van der Waals surface area contributed by atoms with Crippen LogP contribution in [0.2, 0.25) is 0 Å². The molecule has 0 aliphatic carbocycles. The van der Waals surface area contributed by atoms with Gasteiger partial charge in [-0.15, -0.1) is 0 Å². The Morgan fingerprint density at radius 1 is 1.11 bits per heavy atom. The maximum Gasteiger partial charge on any atom is 0.232 e. The first-order valence-electron chi connectivity index (χ1n) is 6.42. The van der Waals surface area contributed by atoms with Crippen LogP contribution in [0.1, 0.15) is 13.3 Å². The van der Waals surface area contributed by atoms with Gasteiger partial charge in [-0.25, -0.2) is 8.42 Å². The van der Waals surface area contributed by atoms with Crippen molar-refractivity contribution in [1.29, 1.82) is 0 Å². The average Bonchev–Trinajstić information content (AvgIpc) is 2.30. The van der Waals surface area contributed by atoms with Crippen LogP contribution in [0.4, 0.5) is 11.4 Å². The summed E-state index contributed by atoms with van der Waals surface area (Å²) in [6.07, 6.45) is 0.611. The first-order valence-corrected chi connectivity index (χ1v) is 8.07. The Bertz CT molecular complexity index is 469. The molecule has 0 heterocycles. The van der Waals surface area contributed by atoms with Crippen LogP contribution in [0.3, 0.4) is 0 Å². The standard InChI is InChI=1S/C13H23N3O2S/c1-4-11-19(17,18)15-13-7-5-12(6-8-13)14-9-10-16(2)3/h5-8,14-15H,4,9-11H2,1-3H3. The van der Waals surface area contributed by atoms with E-state index in [1.54, 1.807) is 12.1 Å². The molecule has 0 aliphatic rings. The minimum absolute atomic E-state index is 0.149. The smallest absolute Gasteiger partial charge is 0.232 e. The van der Waals surface area contributed by atoms with Crippen LogP contribution < -0.4 is 10.0 Å². The third-order valence-corrected chi connectivity index (χ3v) is 4.01. The number of anilines is 2. The molecule has 0 aliphatic heterocycles. The first kappa shape index (κ1) is 15.8. The number of sulfonamides is 1. The van der Waals surface area contributed by atoms with Gasteiger partial charge in [-0.05, 0) is 44.8 Å². The quantitative estimate of drug-likeness (QED) is 0.765. The molecule has 0 radical (unpaired) electrons. The molecule has 0 atom stereocenters. The van der Waals surface area contributed by atoms with E-state index in [9.17, 15) is 8.42 Å². The van der Waals surface area contributed by atoms with Crippen LogP contribution in [-0.4, -0.2) is 46.3 Å². The molecule has 6 heteroatoms. The number of likely N-dealkylation sites (N-methyl/N-ethyl adjacent to an activating group) is 1. The second-order valence-corrected chi connectivity index (χ2v) is 6.57. The largest absolute Gasteiger partial charge is 0.384 e. The SMILES string of the molecule is CCCS(=O)(=O)Nc1ccc(NCCN(C)C)cc1. The molecule has 2 N–H and O–H groups in total. The molecule has 0 aromatic heterocycles. The summed E-state index contributed by atoms with van der Waals surface area (Å²) in [5, 5.41) is 3.27. The molecule has 108 valence electrons. The zero-order valence-electron chi connectivity index (χ0n) is 11.8. The van der Waals surface area contributed by atoms with Gasteiger partial charge < -0.3 is 10.2 Å². The molecule has 0 saturated carbocycles. The van der Waals surface area contributed by atoms with Gasteiger partial charge in [0.15, 0.2) is 0 Å². The Hall–Kier alpha value is -1.27. The lowest BCUT2D eigenvalue weighted by atomic mass is 10.3. The number of rotatable bonds is 8. The molecule has 0 amide bonds. The fraction of sp³-hybridized carbons (Fsp3) is 0.538. The molecule has 1 rings (SSSR count). The highest BCUT2D eigenvalue weighted by Gasteiger charge is 2.08. The lowest BCUT2D eigenvalue weighted by molar-refractivity contribution is 0.425. The lowest BCUT2D eigenvalue weighted by Crippen LogP contribution is -2.20. The fourth-order valence-corrected chi connectivity index (χ4v) is 2.71. The van der Waals surface area contributed by atoms with Crippen LogP contribution in [0.25, 0.3) is 0 Å². The molecule has 0 spiro atoms. The Morgan fingerprint density at radius 2 is 1.68 bits per heavy atom. The third kappa shape index (κ3) is 6.45. The summed E-state index contributed by atoms with van der Waals surface area (Å²) >= 11 is 0. The van der Waals surface area contributed by atoms with Crippen molar-refractivity contribution in [2.45, 2.75) is 13.3 Å². The van der Waals surface area contributed by atoms with Gasteiger partial charge in [0.2, 0.25) is 10.0 Å². The second kappa shape index (κ2) is 7.35. The molecular formula is C13H23N3O2S. The van der Waals surface area contributed by atoms with Crippen molar-refractivity contribution in [3.05, 3.63) is 24.3 Å². The van der Waals surface area contributed by atoms with E-state index in [-0.39, 0.29) is 5.75 Å². The topological polar surface area (TPSA) is 61.4 Å². The van der Waals surface area contributed by atoms with E-state index in [0.717, 1.165) is 18.8 Å². The summed E-state index contributed by atoms with van der Waals surface area (Å²) in [7, 11) is 0.839. The number of benzene rings is 1. The number of nitrogens with one attached hydrogen (secondary N) is 2. The van der Waals surface area contributed by atoms with Crippen molar-refractivity contribution in [3.63, 3.8) is 0 Å². The predicted molar refractivity (Wildman–Crippen MR) is 81.2 cm³/mol. The Labute approximate surface area is 116 Å². The minimum atomic E-state index is -3.20. The van der Waals surface area contributed by atoms with E-state index in [1.807, 2.05) is 33.2 Å². The number of nitrogens with zero attached hydrogens (tertiary/aromatic N) is 1. The maximum atomic E-state index is 11.6. The van der Waals surface area contributed by atoms with E-state index in [0.29, 0.717) is 12.1 Å². The van der Waals surface area contributed by atoms with Gasteiger partial charge in [-0.2, -0.15) is 0 Å². The molecular weight excluding hydrogens is 262 g/mol. The van der Waals surface area contributed by atoms with Crippen LogP contribution in [-0.2, 0) is 10.0 Å². The molecule has 0 unspecified atom stereocenters. The highest BCUT2D eigenvalue weighted by molar-refractivity contribution is 7.92. The summed E-state index contributed by atoms with van der Waals surface area (Å²) in [5.41, 5.74) is 1.59. The zero-order valence-corrected chi connectivity index (χ0v) is 12.6. The van der Waals surface area contributed by atoms with Crippen LogP contribution in [0.5, 0.6) is 0 Å². The van der Waals surface area contributed by atoms with Gasteiger partial charge in [0.25, 0.3) is 0 Å². The van der Waals surface area contributed by atoms with Crippen molar-refractivity contribution in [2.24, 2.45) is 0 Å². The second-order valence-electron chi connectivity index (χ2n) is 4.73. The molecule has 0 saturated heterocycles. The fourth-order valence-electron chi connectivity index (χ4n) is 1.58. The zero-order chi connectivity index (χ0) is 14.3. The summed E-state index contributed by atoms with van der Waals surface area (Å²) in [5.74, 6) is 0.149. The summed E-state index contributed by atoms with van der Waals surface area (Å²) in [6.45, 7) is 3.65. The molecule has 1 aromatic rings. The van der Waals surface area contributed by atoms with Gasteiger partial charge in [0.1, 0.15) is 0 Å². The van der Waals surface area contributed by atoms with Gasteiger partial charge in [0, 0.05) is 24.5 Å². The van der Waals surface area contributed by atoms with Gasteiger partial charge in [-0.1, -0.05) is 6.92 Å². The third-order valence-electron chi connectivity index (χ3n) is 2.52. The Kier molecular flexibility index (Phi) is 6.11. The predicted octanol–water partition coefficient (Wildman–Crippen LogP) is 1.81. The van der Waals surface area contributed by atoms with Crippen molar-refractivity contribution in [2.75, 3.05) is 43.0 Å². The highest BCUT2D eigenvalue weighted by atomic mass is 32.2. The van der Waals surface area contributed by atoms with Gasteiger partial charge in [-0.3, -0.25) is 4.72 Å². The lowest BCUT2D eigenvalue weighted by Gasteiger charge is -2.12. The monoisotopic (exact) mass is 285 g/mol. The first-order chi connectivity index (χ1) is 8.93. The molecule has 19 heavy (non-hydrogen) atoms. The van der Waals surface area contributed by atoms with Gasteiger partial charge >= 0.3 is 0 Å². The summed E-state index contributed by atoms with van der Waals surface area (Å²) in [4.78, 5) is 2.10. The average molecular weight is 285 g/mol. The van der Waals surface area contributed by atoms with Crippen molar-refractivity contribution >= 4 is 21.4 Å². The molecule has 1 aromatic carbocycles. The minimum Gasteiger partial charge on any atom is -0.384 e. The molecule has 0 bridgehead atoms. The number of hydrogen-bond acceptors (Lipinski definition) is 4. The molecule has 0 fully saturated rings. The van der Waals surface area contributed by atoms with Crippen molar-refractivity contribution < 1.29 is 8.42 Å². The Morgan fingerprint density at radius 3 is 2.21 bits per heavy atom. The highest BCUT2D eigenvalue weighted by Crippen LogP contribution is 2.14. The molecule has 5 nitrogen and oxygen atoms in total. The maximum absolute atomic E-state index is 11.6. The van der Waals surface area contributed by atoms with Crippen LogP contribution >= 0.6 is 0 Å². The number of hydrogen-bond donors (Lipinski definition) is 2. The van der Waals surface area contributed by atoms with Crippen molar-refractivity contribution in [3.8, 4) is 0 Å².